The molecule has 0 N–H and O–H groups in total. The average Bonchev–Trinajstić information content (AvgIpc) is 2.47. The Morgan fingerprint density at radius 1 is 0.609 bits per heavy atom. The van der Waals surface area contributed by atoms with Gasteiger partial charge in [0.05, 0.1) is 6.67 Å². The minimum absolute atomic E-state index is 0.0197. The second kappa shape index (κ2) is 8.86. The SMILES string of the molecule is CCCC(C)(CC)C(C)(CCC)C(C)(CCC)C(C)(C)CCF. The third-order valence-corrected chi connectivity index (χ3v) is 7.85. The van der Waals surface area contributed by atoms with Crippen molar-refractivity contribution in [2.24, 2.45) is 21.7 Å². The van der Waals surface area contributed by atoms with Crippen molar-refractivity contribution in [3.8, 4) is 0 Å². The van der Waals surface area contributed by atoms with Gasteiger partial charge in [0, 0.05) is 0 Å². The Morgan fingerprint density at radius 3 is 1.39 bits per heavy atom. The van der Waals surface area contributed by atoms with Crippen molar-refractivity contribution in [1.29, 1.82) is 0 Å². The maximum atomic E-state index is 13.4. The molecule has 0 nitrogen and oxygen atoms in total. The van der Waals surface area contributed by atoms with Crippen LogP contribution in [0, 0.1) is 21.7 Å². The molecule has 0 amide bonds. The van der Waals surface area contributed by atoms with E-state index < -0.39 is 0 Å². The van der Waals surface area contributed by atoms with Crippen LogP contribution in [0.1, 0.15) is 114 Å². The zero-order valence-corrected chi connectivity index (χ0v) is 17.7. The highest BCUT2D eigenvalue weighted by Gasteiger charge is 2.58. The largest absolute Gasteiger partial charge is 0.251 e. The summed E-state index contributed by atoms with van der Waals surface area (Å²) >= 11 is 0. The van der Waals surface area contributed by atoms with Crippen molar-refractivity contribution in [2.75, 3.05) is 6.67 Å². The van der Waals surface area contributed by atoms with E-state index in [0.717, 1.165) is 0 Å². The van der Waals surface area contributed by atoms with Crippen LogP contribution in [0.15, 0.2) is 0 Å². The van der Waals surface area contributed by atoms with Gasteiger partial charge in [0.15, 0.2) is 0 Å². The van der Waals surface area contributed by atoms with Crippen molar-refractivity contribution in [2.45, 2.75) is 114 Å². The van der Waals surface area contributed by atoms with E-state index in [1.54, 1.807) is 0 Å². The van der Waals surface area contributed by atoms with Gasteiger partial charge in [0.2, 0.25) is 0 Å². The molecule has 3 atom stereocenters. The highest BCUT2D eigenvalue weighted by molar-refractivity contribution is 5.07. The van der Waals surface area contributed by atoms with Crippen LogP contribution in [0.4, 0.5) is 4.39 Å². The maximum absolute atomic E-state index is 13.4. The molecule has 0 fully saturated rings. The number of alkyl halides is 1. The molecule has 1 heteroatoms. The summed E-state index contributed by atoms with van der Waals surface area (Å²) in [6.07, 6.45) is 9.20. The van der Waals surface area contributed by atoms with Gasteiger partial charge >= 0.3 is 0 Å². The molecule has 0 saturated carbocycles. The topological polar surface area (TPSA) is 0 Å². The Kier molecular flexibility index (Phi) is 8.83. The molecule has 23 heavy (non-hydrogen) atoms. The van der Waals surface area contributed by atoms with Gasteiger partial charge in [-0.3, -0.25) is 4.39 Å². The fourth-order valence-corrected chi connectivity index (χ4v) is 5.51. The summed E-state index contributed by atoms with van der Waals surface area (Å²) in [6.45, 7) is 21.2. The van der Waals surface area contributed by atoms with Gasteiger partial charge in [-0.25, -0.2) is 0 Å². The van der Waals surface area contributed by atoms with Crippen LogP contribution in [-0.4, -0.2) is 6.67 Å². The molecule has 0 heterocycles. The summed E-state index contributed by atoms with van der Waals surface area (Å²) < 4.78 is 13.4. The normalized spacial score (nSPS) is 20.6. The third kappa shape index (κ3) is 4.13. The van der Waals surface area contributed by atoms with Gasteiger partial charge in [0.1, 0.15) is 0 Å². The Morgan fingerprint density at radius 2 is 1.04 bits per heavy atom. The first-order valence-corrected chi connectivity index (χ1v) is 10.1. The molecule has 0 bridgehead atoms. The summed E-state index contributed by atoms with van der Waals surface area (Å²) in [5, 5.41) is 0. The van der Waals surface area contributed by atoms with E-state index in [0.29, 0.717) is 11.8 Å². The van der Waals surface area contributed by atoms with Crippen molar-refractivity contribution < 1.29 is 4.39 Å². The van der Waals surface area contributed by atoms with Crippen molar-refractivity contribution >= 4 is 0 Å². The van der Waals surface area contributed by atoms with E-state index in [1.165, 1.54) is 44.9 Å². The summed E-state index contributed by atoms with van der Waals surface area (Å²) in [4.78, 5) is 0. The first kappa shape index (κ1) is 22.9. The second-order valence-electron chi connectivity index (χ2n) is 9.15. The van der Waals surface area contributed by atoms with E-state index in [4.69, 9.17) is 0 Å². The first-order chi connectivity index (χ1) is 10.6. The molecule has 0 aliphatic heterocycles. The fraction of sp³-hybridized carbons (Fsp3) is 1.00. The number of hydrogen-bond acceptors (Lipinski definition) is 0. The molecule has 0 spiro atoms. The molecule has 0 aromatic carbocycles. The van der Waals surface area contributed by atoms with Gasteiger partial charge in [-0.05, 0) is 47.3 Å². The number of halogens is 1. The first-order valence-electron chi connectivity index (χ1n) is 10.1. The van der Waals surface area contributed by atoms with Crippen molar-refractivity contribution in [3.05, 3.63) is 0 Å². The van der Waals surface area contributed by atoms with Crippen molar-refractivity contribution in [1.82, 2.24) is 0 Å². The lowest BCUT2D eigenvalue weighted by Crippen LogP contribution is -2.56. The van der Waals surface area contributed by atoms with Crippen LogP contribution in [0.2, 0.25) is 0 Å². The van der Waals surface area contributed by atoms with Gasteiger partial charge in [0.25, 0.3) is 0 Å². The Balaban J connectivity index is 6.27. The molecule has 0 aliphatic rings. The van der Waals surface area contributed by atoms with E-state index in [1.807, 2.05) is 0 Å². The molecular formula is C22H45F. The number of hydrogen-bond donors (Lipinski definition) is 0. The Bertz CT molecular complexity index is 335. The van der Waals surface area contributed by atoms with Gasteiger partial charge < -0.3 is 0 Å². The number of rotatable bonds is 12. The van der Waals surface area contributed by atoms with E-state index >= 15 is 0 Å². The van der Waals surface area contributed by atoms with Crippen molar-refractivity contribution in [3.63, 3.8) is 0 Å². The van der Waals surface area contributed by atoms with Crippen LogP contribution >= 0.6 is 0 Å². The van der Waals surface area contributed by atoms with Crippen LogP contribution in [0.3, 0.4) is 0 Å². The molecule has 0 radical (unpaired) electrons. The summed E-state index contributed by atoms with van der Waals surface area (Å²) in [5.74, 6) is 0. The minimum atomic E-state index is -0.203. The van der Waals surface area contributed by atoms with Crippen LogP contribution in [0.25, 0.3) is 0 Å². The third-order valence-electron chi connectivity index (χ3n) is 7.85. The summed E-state index contributed by atoms with van der Waals surface area (Å²) in [6, 6.07) is 0. The fourth-order valence-electron chi connectivity index (χ4n) is 5.51. The molecule has 0 aromatic heterocycles. The maximum Gasteiger partial charge on any atom is 0.0899 e. The highest BCUT2D eigenvalue weighted by Crippen LogP contribution is 2.66. The predicted octanol–water partition coefficient (Wildman–Crippen LogP) is 8.20. The monoisotopic (exact) mass is 328 g/mol. The van der Waals surface area contributed by atoms with Gasteiger partial charge in [-0.15, -0.1) is 0 Å². The van der Waals surface area contributed by atoms with E-state index in [9.17, 15) is 4.39 Å². The highest BCUT2D eigenvalue weighted by atomic mass is 19.1. The lowest BCUT2D eigenvalue weighted by molar-refractivity contribution is -0.144. The molecular weight excluding hydrogens is 283 g/mol. The smallest absolute Gasteiger partial charge is 0.0899 e. The zero-order valence-electron chi connectivity index (χ0n) is 17.7. The molecule has 0 rings (SSSR count). The van der Waals surface area contributed by atoms with E-state index in [-0.39, 0.29) is 22.9 Å². The second-order valence-corrected chi connectivity index (χ2v) is 9.15. The Hall–Kier alpha value is -0.0700. The molecule has 140 valence electrons. The molecule has 3 unspecified atom stereocenters. The Labute approximate surface area is 147 Å². The lowest BCUT2D eigenvalue weighted by atomic mass is 9.41. The van der Waals surface area contributed by atoms with Gasteiger partial charge in [-0.2, -0.15) is 0 Å². The standard InChI is InChI=1S/C22H45F/c1-10-14-20(7,13-4)22(9,16-12-3)21(8,15-11-2)19(5,6)17-18-23/h10-18H2,1-9H3. The van der Waals surface area contributed by atoms with Gasteiger partial charge in [-0.1, -0.05) is 88.0 Å². The van der Waals surface area contributed by atoms with Crippen LogP contribution < -0.4 is 0 Å². The molecule has 0 aromatic rings. The quantitative estimate of drug-likeness (QED) is 0.338. The van der Waals surface area contributed by atoms with Crippen LogP contribution in [-0.2, 0) is 0 Å². The zero-order chi connectivity index (χ0) is 18.4. The lowest BCUT2D eigenvalue weighted by Gasteiger charge is -2.63. The predicted molar refractivity (Wildman–Crippen MR) is 104 cm³/mol. The molecule has 0 aliphatic carbocycles. The van der Waals surface area contributed by atoms with Crippen LogP contribution in [0.5, 0.6) is 0 Å². The van der Waals surface area contributed by atoms with E-state index in [2.05, 4.69) is 62.3 Å². The minimum Gasteiger partial charge on any atom is -0.251 e. The average molecular weight is 329 g/mol. The molecule has 0 saturated heterocycles. The summed E-state index contributed by atoms with van der Waals surface area (Å²) in [7, 11) is 0. The summed E-state index contributed by atoms with van der Waals surface area (Å²) in [5.41, 5.74) is 0.714.